The van der Waals surface area contributed by atoms with Crippen LogP contribution in [0.1, 0.15) is 43.5 Å². The Balaban J connectivity index is 2.09. The molecule has 6 nitrogen and oxygen atoms in total. The number of amides is 1. The van der Waals surface area contributed by atoms with Crippen molar-refractivity contribution in [3.05, 3.63) is 41.1 Å². The van der Waals surface area contributed by atoms with E-state index in [1.165, 1.54) is 0 Å². The predicted molar refractivity (Wildman–Crippen MR) is 97.3 cm³/mol. The maximum absolute atomic E-state index is 12.6. The minimum absolute atomic E-state index is 0.0743. The number of carbonyl (C=O) groups is 1. The number of sulfone groups is 1. The number of rotatable bonds is 5. The van der Waals surface area contributed by atoms with Gasteiger partial charge in [0.15, 0.2) is 9.84 Å². The van der Waals surface area contributed by atoms with Crippen molar-refractivity contribution < 1.29 is 13.2 Å². The fraction of sp³-hybridized carbons (Fsp3) is 0.444. The highest BCUT2D eigenvalue weighted by molar-refractivity contribution is 7.90. The van der Waals surface area contributed by atoms with Crippen molar-refractivity contribution in [1.82, 2.24) is 9.78 Å². The molecule has 1 aromatic carbocycles. The molecule has 0 unspecified atom stereocenters. The number of benzene rings is 1. The topological polar surface area (TPSA) is 81.1 Å². The summed E-state index contributed by atoms with van der Waals surface area (Å²) in [4.78, 5) is 12.6. The summed E-state index contributed by atoms with van der Waals surface area (Å²) in [5.74, 6) is 0.143. The lowest BCUT2D eigenvalue weighted by Crippen LogP contribution is -2.24. The summed E-state index contributed by atoms with van der Waals surface area (Å²) in [6.45, 7) is 5.91. The van der Waals surface area contributed by atoms with Crippen LogP contribution < -0.4 is 5.32 Å². The normalized spacial score (nSPS) is 15.4. The molecule has 0 fully saturated rings. The molecule has 1 aliphatic heterocycles. The maximum Gasteiger partial charge on any atom is 0.228 e. The first kappa shape index (κ1) is 17.7. The monoisotopic (exact) mass is 361 g/mol. The zero-order chi connectivity index (χ0) is 18.2. The fourth-order valence-corrected chi connectivity index (χ4v) is 4.72. The SMILES string of the molecule is CCC(CC)C(=O)Nc1c2c(nn1-c1ccccc1C)CS(=O)(=O)C2. The summed E-state index contributed by atoms with van der Waals surface area (Å²) in [6, 6.07) is 7.71. The van der Waals surface area contributed by atoms with Crippen molar-refractivity contribution in [2.75, 3.05) is 5.32 Å². The average molecular weight is 361 g/mol. The molecule has 1 aliphatic rings. The minimum Gasteiger partial charge on any atom is -0.310 e. The summed E-state index contributed by atoms with van der Waals surface area (Å²) in [7, 11) is -3.19. The number of carbonyl (C=O) groups excluding carboxylic acids is 1. The fourth-order valence-electron chi connectivity index (χ4n) is 3.22. The number of anilines is 1. The molecule has 0 saturated heterocycles. The molecule has 2 heterocycles. The Kier molecular flexibility index (Phi) is 4.69. The van der Waals surface area contributed by atoms with Crippen molar-refractivity contribution in [3.8, 4) is 5.69 Å². The minimum atomic E-state index is -3.19. The summed E-state index contributed by atoms with van der Waals surface area (Å²) >= 11 is 0. The van der Waals surface area contributed by atoms with Crippen molar-refractivity contribution in [2.24, 2.45) is 5.92 Å². The zero-order valence-corrected chi connectivity index (χ0v) is 15.6. The smallest absolute Gasteiger partial charge is 0.228 e. The van der Waals surface area contributed by atoms with Gasteiger partial charge < -0.3 is 5.32 Å². The lowest BCUT2D eigenvalue weighted by atomic mass is 10.0. The molecule has 1 N–H and O–H groups in total. The molecule has 0 saturated carbocycles. The first-order chi connectivity index (χ1) is 11.9. The second-order valence-electron chi connectivity index (χ2n) is 6.51. The van der Waals surface area contributed by atoms with E-state index in [2.05, 4.69) is 10.4 Å². The van der Waals surface area contributed by atoms with E-state index in [9.17, 15) is 13.2 Å². The Morgan fingerprint density at radius 2 is 1.92 bits per heavy atom. The van der Waals surface area contributed by atoms with Crippen LogP contribution in [0.3, 0.4) is 0 Å². The van der Waals surface area contributed by atoms with Crippen LogP contribution in [0.15, 0.2) is 24.3 Å². The molecule has 1 aromatic heterocycles. The van der Waals surface area contributed by atoms with Crippen LogP contribution >= 0.6 is 0 Å². The standard InChI is InChI=1S/C18H23N3O3S/c1-4-13(5-2)18(22)19-17-14-10-25(23,24)11-15(14)20-21(17)16-9-7-6-8-12(16)3/h6-9,13H,4-5,10-11H2,1-3H3,(H,19,22). The van der Waals surface area contributed by atoms with E-state index in [1.807, 2.05) is 45.0 Å². The summed E-state index contributed by atoms with van der Waals surface area (Å²) in [5, 5.41) is 7.46. The van der Waals surface area contributed by atoms with Gasteiger partial charge >= 0.3 is 0 Å². The van der Waals surface area contributed by atoms with Crippen molar-refractivity contribution in [3.63, 3.8) is 0 Å². The van der Waals surface area contributed by atoms with E-state index in [0.717, 1.165) is 24.1 Å². The molecule has 134 valence electrons. The van der Waals surface area contributed by atoms with Gasteiger partial charge in [-0.15, -0.1) is 0 Å². The third-order valence-corrected chi connectivity index (χ3v) is 6.17. The molecule has 0 radical (unpaired) electrons. The number of fused-ring (bicyclic) bond motifs is 1. The van der Waals surface area contributed by atoms with E-state index in [4.69, 9.17) is 0 Å². The molecular weight excluding hydrogens is 338 g/mol. The number of aryl methyl sites for hydroxylation is 1. The van der Waals surface area contributed by atoms with Gasteiger partial charge in [-0.25, -0.2) is 13.1 Å². The molecule has 2 aromatic rings. The summed E-state index contributed by atoms with van der Waals surface area (Å²) in [6.07, 6.45) is 1.47. The van der Waals surface area contributed by atoms with Gasteiger partial charge in [-0.05, 0) is 31.4 Å². The quantitative estimate of drug-likeness (QED) is 0.888. The van der Waals surface area contributed by atoms with Gasteiger partial charge in [0.1, 0.15) is 5.82 Å². The summed E-state index contributed by atoms with van der Waals surface area (Å²) < 4.78 is 25.6. The molecule has 3 rings (SSSR count). The number of hydrogen-bond donors (Lipinski definition) is 1. The van der Waals surface area contributed by atoms with Crippen LogP contribution in [0.5, 0.6) is 0 Å². The van der Waals surface area contributed by atoms with E-state index in [-0.39, 0.29) is 23.3 Å². The highest BCUT2D eigenvalue weighted by Crippen LogP contribution is 2.34. The first-order valence-electron chi connectivity index (χ1n) is 8.54. The number of nitrogens with zero attached hydrogens (tertiary/aromatic N) is 2. The largest absolute Gasteiger partial charge is 0.310 e. The van der Waals surface area contributed by atoms with Crippen molar-refractivity contribution in [1.29, 1.82) is 0 Å². The average Bonchev–Trinajstić information content (AvgIpc) is 3.02. The van der Waals surface area contributed by atoms with E-state index in [0.29, 0.717) is 17.1 Å². The number of aromatic nitrogens is 2. The molecule has 0 bridgehead atoms. The van der Waals surface area contributed by atoms with Crippen LogP contribution in [0, 0.1) is 12.8 Å². The molecule has 0 aliphatic carbocycles. The van der Waals surface area contributed by atoms with E-state index >= 15 is 0 Å². The van der Waals surface area contributed by atoms with Crippen LogP contribution in [-0.4, -0.2) is 24.1 Å². The van der Waals surface area contributed by atoms with Gasteiger partial charge in [0, 0.05) is 11.5 Å². The lowest BCUT2D eigenvalue weighted by Gasteiger charge is -2.16. The third-order valence-electron chi connectivity index (χ3n) is 4.73. The molecule has 7 heteroatoms. The van der Waals surface area contributed by atoms with Crippen LogP contribution in [-0.2, 0) is 26.1 Å². The van der Waals surface area contributed by atoms with E-state index < -0.39 is 9.84 Å². The molecule has 1 amide bonds. The van der Waals surface area contributed by atoms with Crippen LogP contribution in [0.2, 0.25) is 0 Å². The Bertz CT molecular complexity index is 912. The van der Waals surface area contributed by atoms with Gasteiger partial charge in [-0.1, -0.05) is 32.0 Å². The van der Waals surface area contributed by atoms with Crippen LogP contribution in [0.25, 0.3) is 5.69 Å². The van der Waals surface area contributed by atoms with Gasteiger partial charge in [-0.3, -0.25) is 4.79 Å². The lowest BCUT2D eigenvalue weighted by molar-refractivity contribution is -0.120. The van der Waals surface area contributed by atoms with Crippen molar-refractivity contribution in [2.45, 2.75) is 45.1 Å². The number of para-hydroxylation sites is 1. The number of nitrogens with one attached hydrogen (secondary N) is 1. The molecular formula is C18H23N3O3S. The third kappa shape index (κ3) is 3.33. The maximum atomic E-state index is 12.6. The van der Waals surface area contributed by atoms with Crippen molar-refractivity contribution >= 4 is 21.6 Å². The van der Waals surface area contributed by atoms with Gasteiger partial charge in [0.05, 0.1) is 22.9 Å². The highest BCUT2D eigenvalue weighted by Gasteiger charge is 2.33. The van der Waals surface area contributed by atoms with E-state index in [1.54, 1.807) is 4.68 Å². The summed E-state index contributed by atoms with van der Waals surface area (Å²) in [5.41, 5.74) is 2.99. The van der Waals surface area contributed by atoms with Gasteiger partial charge in [0.2, 0.25) is 5.91 Å². The zero-order valence-electron chi connectivity index (χ0n) is 14.7. The Morgan fingerprint density at radius 1 is 1.24 bits per heavy atom. The Hall–Kier alpha value is -2.15. The van der Waals surface area contributed by atoms with Crippen LogP contribution in [0.4, 0.5) is 5.82 Å². The van der Waals surface area contributed by atoms with Gasteiger partial charge in [0.25, 0.3) is 0 Å². The van der Waals surface area contributed by atoms with Gasteiger partial charge in [-0.2, -0.15) is 5.10 Å². The predicted octanol–water partition coefficient (Wildman–Crippen LogP) is 2.98. The Labute approximate surface area is 148 Å². The highest BCUT2D eigenvalue weighted by atomic mass is 32.2. The molecule has 0 atom stereocenters. The Morgan fingerprint density at radius 3 is 2.56 bits per heavy atom. The molecule has 0 spiro atoms. The molecule has 25 heavy (non-hydrogen) atoms. The number of hydrogen-bond acceptors (Lipinski definition) is 4. The second-order valence-corrected chi connectivity index (χ2v) is 8.57. The first-order valence-corrected chi connectivity index (χ1v) is 10.4. The second kappa shape index (κ2) is 6.63.